The number of imidazole rings is 1. The summed E-state index contributed by atoms with van der Waals surface area (Å²) in [5, 5.41) is 11.5. The zero-order chi connectivity index (χ0) is 23.3. The van der Waals surface area contributed by atoms with E-state index in [1.54, 1.807) is 20.1 Å². The van der Waals surface area contributed by atoms with Crippen molar-refractivity contribution in [3.63, 3.8) is 0 Å². The Labute approximate surface area is 196 Å². The SMILES string of the molecule is CC#CCc1cn(-c2ccccc2)c(=O)n1Cc1ccc(-c2ccccc2-n2cnnn2)cc1. The van der Waals surface area contributed by atoms with Crippen molar-refractivity contribution in [3.05, 3.63) is 113 Å². The second-order valence-electron chi connectivity index (χ2n) is 7.77. The van der Waals surface area contributed by atoms with Crippen LogP contribution in [0.2, 0.25) is 0 Å². The Bertz CT molecular complexity index is 1520. The Kier molecular flexibility index (Phi) is 5.87. The highest BCUT2D eigenvalue weighted by Crippen LogP contribution is 2.26. The van der Waals surface area contributed by atoms with Crippen LogP contribution in [0.3, 0.4) is 0 Å². The van der Waals surface area contributed by atoms with Crippen LogP contribution in [0.4, 0.5) is 0 Å². The number of benzene rings is 3. The van der Waals surface area contributed by atoms with Crippen molar-refractivity contribution in [1.29, 1.82) is 0 Å². The molecule has 0 saturated heterocycles. The lowest BCUT2D eigenvalue weighted by Crippen LogP contribution is -2.24. The first-order chi connectivity index (χ1) is 16.7. The van der Waals surface area contributed by atoms with Gasteiger partial charge in [-0.05, 0) is 46.7 Å². The van der Waals surface area contributed by atoms with E-state index in [2.05, 4.69) is 39.5 Å². The standard InChI is InChI=1S/C27H22N6O/c1-2-3-9-24-19-32(23-10-5-4-6-11-23)27(34)31(24)18-21-14-16-22(17-15-21)25-12-7-8-13-26(25)33-20-28-29-30-33/h4-8,10-17,19-20H,9,18H2,1H3. The highest BCUT2D eigenvalue weighted by molar-refractivity contribution is 5.72. The molecule has 5 rings (SSSR count). The highest BCUT2D eigenvalue weighted by atomic mass is 16.1. The number of hydrogen-bond donors (Lipinski definition) is 0. The monoisotopic (exact) mass is 446 g/mol. The third-order valence-corrected chi connectivity index (χ3v) is 5.65. The summed E-state index contributed by atoms with van der Waals surface area (Å²) in [4.78, 5) is 13.3. The molecule has 0 radical (unpaired) electrons. The van der Waals surface area contributed by atoms with Crippen LogP contribution in [-0.4, -0.2) is 29.3 Å². The second-order valence-corrected chi connectivity index (χ2v) is 7.77. The van der Waals surface area contributed by atoms with Crippen molar-refractivity contribution in [1.82, 2.24) is 29.3 Å². The van der Waals surface area contributed by atoms with Gasteiger partial charge in [0.1, 0.15) is 6.33 Å². The van der Waals surface area contributed by atoms with Gasteiger partial charge >= 0.3 is 5.69 Å². The molecule has 0 aliphatic carbocycles. The first-order valence-corrected chi connectivity index (χ1v) is 10.9. The Hall–Kier alpha value is -4.70. The smallest absolute Gasteiger partial charge is 0.291 e. The van der Waals surface area contributed by atoms with Gasteiger partial charge in [-0.15, -0.1) is 11.0 Å². The predicted octanol–water partition coefficient (Wildman–Crippen LogP) is 3.90. The number of rotatable bonds is 6. The van der Waals surface area contributed by atoms with E-state index in [1.165, 1.54) is 0 Å². The van der Waals surface area contributed by atoms with E-state index in [9.17, 15) is 4.79 Å². The van der Waals surface area contributed by atoms with Crippen molar-refractivity contribution in [2.75, 3.05) is 0 Å². The van der Waals surface area contributed by atoms with Crippen LogP contribution in [0.15, 0.2) is 96.2 Å². The largest absolute Gasteiger partial charge is 0.333 e. The summed E-state index contributed by atoms with van der Waals surface area (Å²) in [5.74, 6) is 6.02. The Morgan fingerprint density at radius 1 is 0.912 bits per heavy atom. The first kappa shape index (κ1) is 21.2. The van der Waals surface area contributed by atoms with Crippen LogP contribution < -0.4 is 5.69 Å². The fourth-order valence-corrected chi connectivity index (χ4v) is 3.95. The van der Waals surface area contributed by atoms with Gasteiger partial charge in [-0.2, -0.15) is 4.68 Å². The molecule has 0 atom stereocenters. The van der Waals surface area contributed by atoms with Crippen molar-refractivity contribution >= 4 is 0 Å². The van der Waals surface area contributed by atoms with E-state index < -0.39 is 0 Å². The molecule has 0 amide bonds. The summed E-state index contributed by atoms with van der Waals surface area (Å²) in [7, 11) is 0. The van der Waals surface area contributed by atoms with Crippen LogP contribution in [-0.2, 0) is 13.0 Å². The zero-order valence-electron chi connectivity index (χ0n) is 18.7. The van der Waals surface area contributed by atoms with Crippen molar-refractivity contribution in [3.8, 4) is 34.3 Å². The average molecular weight is 447 g/mol. The molecule has 166 valence electrons. The van der Waals surface area contributed by atoms with E-state index in [0.717, 1.165) is 33.8 Å². The molecule has 0 aliphatic rings. The van der Waals surface area contributed by atoms with E-state index in [4.69, 9.17) is 0 Å². The molecule has 2 heterocycles. The van der Waals surface area contributed by atoms with Gasteiger partial charge < -0.3 is 0 Å². The molecule has 0 unspecified atom stereocenters. The summed E-state index contributed by atoms with van der Waals surface area (Å²) < 4.78 is 5.13. The van der Waals surface area contributed by atoms with E-state index in [-0.39, 0.29) is 5.69 Å². The van der Waals surface area contributed by atoms with Crippen molar-refractivity contribution in [2.24, 2.45) is 0 Å². The first-order valence-electron chi connectivity index (χ1n) is 10.9. The molecule has 7 heteroatoms. The second kappa shape index (κ2) is 9.43. The lowest BCUT2D eigenvalue weighted by molar-refractivity contribution is 0.716. The lowest BCUT2D eigenvalue weighted by Gasteiger charge is -2.10. The number of nitrogens with zero attached hydrogens (tertiary/aromatic N) is 6. The van der Waals surface area contributed by atoms with Gasteiger partial charge in [-0.1, -0.05) is 66.6 Å². The molecule has 0 saturated carbocycles. The third kappa shape index (κ3) is 4.17. The summed E-state index contributed by atoms with van der Waals surface area (Å²) in [6.07, 6.45) is 3.99. The van der Waals surface area contributed by atoms with Crippen LogP contribution >= 0.6 is 0 Å². The lowest BCUT2D eigenvalue weighted by atomic mass is 10.0. The van der Waals surface area contributed by atoms with Crippen molar-refractivity contribution in [2.45, 2.75) is 19.9 Å². The van der Waals surface area contributed by atoms with Gasteiger partial charge in [-0.3, -0.25) is 9.13 Å². The average Bonchev–Trinajstić information content (AvgIpc) is 3.53. The molecule has 7 nitrogen and oxygen atoms in total. The molecule has 0 fully saturated rings. The zero-order valence-corrected chi connectivity index (χ0v) is 18.7. The number of tetrazole rings is 1. The maximum absolute atomic E-state index is 13.3. The van der Waals surface area contributed by atoms with E-state index in [1.807, 2.05) is 79.9 Å². The molecule has 0 N–H and O–H groups in total. The van der Waals surface area contributed by atoms with Crippen LogP contribution in [0.25, 0.3) is 22.5 Å². The Morgan fingerprint density at radius 2 is 1.68 bits per heavy atom. The molecule has 3 aromatic carbocycles. The van der Waals surface area contributed by atoms with E-state index in [0.29, 0.717) is 13.0 Å². The summed E-state index contributed by atoms with van der Waals surface area (Å²) in [5.41, 5.74) is 5.64. The molecule has 0 aliphatic heterocycles. The highest BCUT2D eigenvalue weighted by Gasteiger charge is 2.13. The predicted molar refractivity (Wildman–Crippen MR) is 131 cm³/mol. The van der Waals surface area contributed by atoms with E-state index >= 15 is 0 Å². The topological polar surface area (TPSA) is 70.5 Å². The molecule has 34 heavy (non-hydrogen) atoms. The molecule has 5 aromatic rings. The summed E-state index contributed by atoms with van der Waals surface area (Å²) in [6.45, 7) is 2.27. The summed E-state index contributed by atoms with van der Waals surface area (Å²) >= 11 is 0. The fraction of sp³-hybridized carbons (Fsp3) is 0.111. The van der Waals surface area contributed by atoms with Gasteiger partial charge in [-0.25, -0.2) is 4.79 Å². The van der Waals surface area contributed by atoms with Gasteiger partial charge in [0.25, 0.3) is 0 Å². The maximum Gasteiger partial charge on any atom is 0.333 e. The minimum atomic E-state index is -0.0767. The summed E-state index contributed by atoms with van der Waals surface area (Å²) in [6, 6.07) is 25.8. The normalized spacial score (nSPS) is 10.6. The van der Waals surface area contributed by atoms with Crippen molar-refractivity contribution < 1.29 is 0 Å². The van der Waals surface area contributed by atoms with Crippen LogP contribution in [0.1, 0.15) is 18.2 Å². The molecular formula is C27H22N6O. The Balaban J connectivity index is 1.48. The van der Waals surface area contributed by atoms with Gasteiger partial charge in [0.2, 0.25) is 0 Å². The van der Waals surface area contributed by atoms with Gasteiger partial charge in [0.05, 0.1) is 30.0 Å². The molecule has 0 bridgehead atoms. The molecule has 0 spiro atoms. The molecule has 2 aromatic heterocycles. The minimum Gasteiger partial charge on any atom is -0.291 e. The van der Waals surface area contributed by atoms with Crippen LogP contribution in [0.5, 0.6) is 0 Å². The number of para-hydroxylation sites is 2. The fourth-order valence-electron chi connectivity index (χ4n) is 3.95. The quantitative estimate of drug-likeness (QED) is 0.371. The van der Waals surface area contributed by atoms with Gasteiger partial charge in [0, 0.05) is 11.8 Å². The maximum atomic E-state index is 13.3. The minimum absolute atomic E-state index is 0.0767. The van der Waals surface area contributed by atoms with Crippen LogP contribution in [0, 0.1) is 11.8 Å². The number of hydrogen-bond acceptors (Lipinski definition) is 4. The molecular weight excluding hydrogens is 424 g/mol. The van der Waals surface area contributed by atoms with Gasteiger partial charge in [0.15, 0.2) is 0 Å². The third-order valence-electron chi connectivity index (χ3n) is 5.65. The Morgan fingerprint density at radius 3 is 2.41 bits per heavy atom. The number of aromatic nitrogens is 6.